The Balaban J connectivity index is 1.12. The molecule has 6 heteroatoms. The number of halogens is 1. The number of aliphatic hydroxyl groups excluding tert-OH is 1. The van der Waals surface area contributed by atoms with Crippen molar-refractivity contribution in [2.75, 3.05) is 20.1 Å². The fraction of sp³-hybridized carbons (Fsp3) is 0.265. The number of carbonyl (C=O) groups excluding carboxylic acids is 1. The Bertz CT molecular complexity index is 1380. The number of likely N-dealkylation sites (N-methyl/N-ethyl adjacent to an activating group) is 1. The molecule has 2 atom stereocenters. The number of benzene rings is 4. The van der Waals surface area contributed by atoms with Gasteiger partial charge in [-0.1, -0.05) is 82.7 Å². The Kier molecular flexibility index (Phi) is 9.45. The molecule has 1 fully saturated rings. The van der Waals surface area contributed by atoms with E-state index < -0.39 is 6.10 Å². The van der Waals surface area contributed by atoms with Crippen molar-refractivity contribution in [3.63, 3.8) is 0 Å². The van der Waals surface area contributed by atoms with Gasteiger partial charge in [-0.2, -0.15) is 0 Å². The lowest BCUT2D eigenvalue weighted by Crippen LogP contribution is -2.38. The second-order valence-electron chi connectivity index (χ2n) is 10.5. The maximum atomic E-state index is 12.7. The molecule has 40 heavy (non-hydrogen) atoms. The standard InChI is InChI=1S/C34H35BrN2O3/c1-36(22-25-9-13-28(14-10-25)34(39)33(38)27-6-3-2-4-7-27)24-30-8-5-21-37(30)23-26-11-17-31(18-12-26)40-32-19-15-29(35)16-20-32/h2-4,6-7,9-20,30,33,38H,5,8,21-24H2,1H3/t30-,33?/m1/s1. The van der Waals surface area contributed by atoms with E-state index in [2.05, 4.69) is 44.9 Å². The Morgan fingerprint density at radius 1 is 0.925 bits per heavy atom. The van der Waals surface area contributed by atoms with E-state index in [-0.39, 0.29) is 5.78 Å². The summed E-state index contributed by atoms with van der Waals surface area (Å²) in [5, 5.41) is 10.5. The first kappa shape index (κ1) is 28.2. The number of aliphatic hydroxyl groups is 1. The molecule has 4 aromatic carbocycles. The molecule has 1 heterocycles. The molecular weight excluding hydrogens is 564 g/mol. The van der Waals surface area contributed by atoms with Crippen LogP contribution in [0.2, 0.25) is 0 Å². The Morgan fingerprint density at radius 3 is 2.23 bits per heavy atom. The largest absolute Gasteiger partial charge is 0.457 e. The van der Waals surface area contributed by atoms with E-state index >= 15 is 0 Å². The molecule has 206 valence electrons. The van der Waals surface area contributed by atoms with Crippen molar-refractivity contribution in [1.29, 1.82) is 0 Å². The van der Waals surface area contributed by atoms with Crippen molar-refractivity contribution < 1.29 is 14.6 Å². The van der Waals surface area contributed by atoms with Gasteiger partial charge in [0.05, 0.1) is 0 Å². The molecule has 0 saturated carbocycles. The lowest BCUT2D eigenvalue weighted by Gasteiger charge is -2.29. The maximum Gasteiger partial charge on any atom is 0.195 e. The molecule has 1 aliphatic heterocycles. The van der Waals surface area contributed by atoms with Gasteiger partial charge in [0.15, 0.2) is 5.78 Å². The molecule has 0 spiro atoms. The number of ketones is 1. The van der Waals surface area contributed by atoms with Crippen molar-refractivity contribution in [2.45, 2.75) is 38.1 Å². The van der Waals surface area contributed by atoms with Crippen LogP contribution in [-0.2, 0) is 13.1 Å². The van der Waals surface area contributed by atoms with Crippen LogP contribution in [0.5, 0.6) is 11.5 Å². The highest BCUT2D eigenvalue weighted by molar-refractivity contribution is 9.10. The van der Waals surface area contributed by atoms with E-state index in [1.54, 1.807) is 12.1 Å². The van der Waals surface area contributed by atoms with E-state index in [0.717, 1.165) is 47.7 Å². The fourth-order valence-corrected chi connectivity index (χ4v) is 5.57. The third-order valence-corrected chi connectivity index (χ3v) is 7.96. The number of Topliss-reactive ketones (excluding diaryl/α,β-unsaturated/α-hetero) is 1. The zero-order valence-electron chi connectivity index (χ0n) is 22.7. The van der Waals surface area contributed by atoms with Gasteiger partial charge in [0.1, 0.15) is 17.6 Å². The number of hydrogen-bond donors (Lipinski definition) is 1. The number of nitrogens with zero attached hydrogens (tertiary/aromatic N) is 2. The summed E-state index contributed by atoms with van der Waals surface area (Å²) >= 11 is 3.45. The van der Waals surface area contributed by atoms with Crippen molar-refractivity contribution >= 4 is 21.7 Å². The summed E-state index contributed by atoms with van der Waals surface area (Å²) in [7, 11) is 2.16. The third-order valence-electron chi connectivity index (χ3n) is 7.43. The SMILES string of the molecule is CN(Cc1ccc(C(=O)C(O)c2ccccc2)cc1)C[C@H]1CCCN1Cc1ccc(Oc2ccc(Br)cc2)cc1. The molecule has 0 radical (unpaired) electrons. The summed E-state index contributed by atoms with van der Waals surface area (Å²) < 4.78 is 7.00. The highest BCUT2D eigenvalue weighted by Gasteiger charge is 2.26. The molecule has 0 amide bonds. The first-order chi connectivity index (χ1) is 19.4. The summed E-state index contributed by atoms with van der Waals surface area (Å²) in [6.45, 7) is 3.83. The first-order valence-corrected chi connectivity index (χ1v) is 14.5. The van der Waals surface area contributed by atoms with Crippen LogP contribution < -0.4 is 4.74 Å². The summed E-state index contributed by atoms with van der Waals surface area (Å²) in [4.78, 5) is 17.7. The molecule has 0 bridgehead atoms. The van der Waals surface area contributed by atoms with Crippen LogP contribution in [0.15, 0.2) is 108 Å². The van der Waals surface area contributed by atoms with Crippen LogP contribution in [0.1, 0.15) is 46.0 Å². The average Bonchev–Trinajstić information content (AvgIpc) is 3.41. The molecule has 1 unspecified atom stereocenters. The van der Waals surface area contributed by atoms with Crippen LogP contribution in [0.3, 0.4) is 0 Å². The second kappa shape index (κ2) is 13.4. The third kappa shape index (κ3) is 7.46. The van der Waals surface area contributed by atoms with Gasteiger partial charge in [0, 0.05) is 35.7 Å². The number of hydrogen-bond acceptors (Lipinski definition) is 5. The van der Waals surface area contributed by atoms with Gasteiger partial charge in [-0.3, -0.25) is 9.69 Å². The predicted molar refractivity (Wildman–Crippen MR) is 163 cm³/mol. The molecule has 1 saturated heterocycles. The maximum absolute atomic E-state index is 12.7. The quantitative estimate of drug-likeness (QED) is 0.184. The number of rotatable bonds is 11. The summed E-state index contributed by atoms with van der Waals surface area (Å²) in [6.07, 6.45) is 1.27. The van der Waals surface area contributed by atoms with Crippen LogP contribution in [0.25, 0.3) is 0 Å². The number of carbonyl (C=O) groups is 1. The fourth-order valence-electron chi connectivity index (χ4n) is 5.30. The molecule has 1 N–H and O–H groups in total. The van der Waals surface area contributed by atoms with Gasteiger partial charge < -0.3 is 14.7 Å². The van der Waals surface area contributed by atoms with Crippen molar-refractivity contribution in [3.05, 3.63) is 130 Å². The molecule has 1 aliphatic rings. The van der Waals surface area contributed by atoms with Gasteiger partial charge in [0.25, 0.3) is 0 Å². The minimum Gasteiger partial charge on any atom is -0.457 e. The minimum atomic E-state index is -1.14. The molecule has 0 aliphatic carbocycles. The van der Waals surface area contributed by atoms with Crippen molar-refractivity contribution in [3.8, 4) is 11.5 Å². The summed E-state index contributed by atoms with van der Waals surface area (Å²) in [5.41, 5.74) is 3.58. The average molecular weight is 600 g/mol. The van der Waals surface area contributed by atoms with Crippen molar-refractivity contribution in [1.82, 2.24) is 9.80 Å². The van der Waals surface area contributed by atoms with Gasteiger partial charge in [-0.15, -0.1) is 0 Å². The van der Waals surface area contributed by atoms with Gasteiger partial charge in [0.2, 0.25) is 0 Å². The second-order valence-corrected chi connectivity index (χ2v) is 11.5. The van der Waals surface area contributed by atoms with Gasteiger partial charge in [-0.05, 0) is 79.5 Å². The lowest BCUT2D eigenvalue weighted by molar-refractivity contribution is 0.0747. The van der Waals surface area contributed by atoms with Crippen LogP contribution in [0.4, 0.5) is 0 Å². The topological polar surface area (TPSA) is 53.0 Å². The van der Waals surface area contributed by atoms with Crippen molar-refractivity contribution in [2.24, 2.45) is 0 Å². The van der Waals surface area contributed by atoms with Crippen LogP contribution in [0, 0.1) is 0 Å². The number of likely N-dealkylation sites (tertiary alicyclic amines) is 1. The molecular formula is C34H35BrN2O3. The molecule has 4 aromatic rings. The summed E-state index contributed by atoms with van der Waals surface area (Å²) in [5.74, 6) is 1.39. The number of ether oxygens (including phenoxy) is 1. The summed E-state index contributed by atoms with van der Waals surface area (Å²) in [6, 6.07) is 33.5. The minimum absolute atomic E-state index is 0.277. The normalized spacial score (nSPS) is 16.2. The predicted octanol–water partition coefficient (Wildman–Crippen LogP) is 7.25. The Labute approximate surface area is 245 Å². The van der Waals surface area contributed by atoms with Crippen LogP contribution in [-0.4, -0.2) is 46.9 Å². The van der Waals surface area contributed by atoms with E-state index in [1.807, 2.05) is 78.9 Å². The van der Waals surface area contributed by atoms with Gasteiger partial charge in [-0.25, -0.2) is 0 Å². The van der Waals surface area contributed by atoms with Crippen LogP contribution >= 0.6 is 15.9 Å². The zero-order valence-corrected chi connectivity index (χ0v) is 24.3. The smallest absolute Gasteiger partial charge is 0.195 e. The highest BCUT2D eigenvalue weighted by atomic mass is 79.9. The van der Waals surface area contributed by atoms with E-state index in [4.69, 9.17) is 4.74 Å². The lowest BCUT2D eigenvalue weighted by atomic mass is 9.99. The van der Waals surface area contributed by atoms with Gasteiger partial charge >= 0.3 is 0 Å². The monoisotopic (exact) mass is 598 g/mol. The van der Waals surface area contributed by atoms with E-state index in [0.29, 0.717) is 17.2 Å². The Morgan fingerprint density at radius 2 is 1.55 bits per heavy atom. The zero-order chi connectivity index (χ0) is 27.9. The van der Waals surface area contributed by atoms with E-state index in [9.17, 15) is 9.90 Å². The first-order valence-electron chi connectivity index (χ1n) is 13.8. The molecule has 5 nitrogen and oxygen atoms in total. The highest BCUT2D eigenvalue weighted by Crippen LogP contribution is 2.26. The molecule has 5 rings (SSSR count). The molecule has 0 aromatic heterocycles. The van der Waals surface area contributed by atoms with E-state index in [1.165, 1.54) is 18.4 Å². The Hall–Kier alpha value is -3.29.